The lowest BCUT2D eigenvalue weighted by Gasteiger charge is -2.11. The summed E-state index contributed by atoms with van der Waals surface area (Å²) in [6, 6.07) is 0. The van der Waals surface area contributed by atoms with Gasteiger partial charge in [0.1, 0.15) is 0 Å². The van der Waals surface area contributed by atoms with Crippen LogP contribution in [0.1, 0.15) is 12.8 Å². The van der Waals surface area contributed by atoms with E-state index in [1.165, 1.54) is 18.4 Å². The first-order valence-corrected chi connectivity index (χ1v) is 5.05. The summed E-state index contributed by atoms with van der Waals surface area (Å²) in [7, 11) is 0. The molecule has 0 saturated carbocycles. The molecule has 3 heteroatoms. The third kappa shape index (κ3) is 1.48. The quantitative estimate of drug-likeness (QED) is 0.544. The minimum absolute atomic E-state index is 0.222. The number of rotatable bonds is 0. The topological polar surface area (TPSA) is 29.4 Å². The molecule has 2 aliphatic rings. The van der Waals surface area contributed by atoms with Gasteiger partial charge in [0, 0.05) is 11.7 Å². The van der Waals surface area contributed by atoms with Crippen LogP contribution in [-0.2, 0) is 4.79 Å². The van der Waals surface area contributed by atoms with E-state index in [1.807, 2.05) is 11.8 Å². The summed E-state index contributed by atoms with van der Waals surface area (Å²) < 4.78 is 0. The molecular formula is C8H11NOS. The number of hydrogen-bond acceptors (Lipinski definition) is 3. The molecule has 1 fully saturated rings. The minimum atomic E-state index is 0.222. The highest BCUT2D eigenvalue weighted by Gasteiger charge is 2.30. The number of ketones is 1. The van der Waals surface area contributed by atoms with Crippen molar-refractivity contribution >= 4 is 23.8 Å². The largest absolute Gasteiger partial charge is 0.293 e. The maximum Gasteiger partial charge on any atom is 0.173 e. The smallest absolute Gasteiger partial charge is 0.173 e. The third-order valence-electron chi connectivity index (χ3n) is 2.33. The second kappa shape index (κ2) is 2.97. The molecule has 1 saturated heterocycles. The van der Waals surface area contributed by atoms with Gasteiger partial charge < -0.3 is 0 Å². The number of hydrogen-bond donors (Lipinski definition) is 0. The molecule has 2 nitrogen and oxygen atoms in total. The number of aliphatic imine (C=N–C) groups is 1. The Labute approximate surface area is 70.5 Å². The van der Waals surface area contributed by atoms with Gasteiger partial charge in [-0.05, 0) is 18.1 Å². The van der Waals surface area contributed by atoms with Crippen molar-refractivity contribution in [3.8, 4) is 0 Å². The molecule has 0 bridgehead atoms. The molecular weight excluding hydrogens is 158 g/mol. The number of fused-ring (bicyclic) bond motifs is 1. The maximum atomic E-state index is 11.1. The first kappa shape index (κ1) is 7.35. The molecule has 2 heterocycles. The molecule has 2 unspecified atom stereocenters. The molecule has 0 aromatic rings. The molecule has 0 aromatic heterocycles. The number of carbonyl (C=O) groups is 1. The van der Waals surface area contributed by atoms with Gasteiger partial charge >= 0.3 is 0 Å². The van der Waals surface area contributed by atoms with Crippen LogP contribution in [0, 0.1) is 5.92 Å². The van der Waals surface area contributed by atoms with E-state index in [0.29, 0.717) is 11.2 Å². The SMILES string of the molecule is O=C1C=NCC2SCCC2C1. The van der Waals surface area contributed by atoms with E-state index in [0.717, 1.165) is 13.0 Å². The van der Waals surface area contributed by atoms with Gasteiger partial charge in [-0.15, -0.1) is 0 Å². The predicted molar refractivity (Wildman–Crippen MR) is 47.3 cm³/mol. The van der Waals surface area contributed by atoms with Crippen LogP contribution in [0.25, 0.3) is 0 Å². The van der Waals surface area contributed by atoms with Crippen molar-refractivity contribution in [1.29, 1.82) is 0 Å². The van der Waals surface area contributed by atoms with Crippen LogP contribution in [0.2, 0.25) is 0 Å². The summed E-state index contributed by atoms with van der Waals surface area (Å²) in [5, 5.41) is 0.637. The molecule has 2 atom stereocenters. The lowest BCUT2D eigenvalue weighted by Crippen LogP contribution is -2.15. The molecule has 11 heavy (non-hydrogen) atoms. The monoisotopic (exact) mass is 169 g/mol. The number of carbonyl (C=O) groups excluding carboxylic acids is 1. The van der Waals surface area contributed by atoms with Crippen molar-refractivity contribution in [2.24, 2.45) is 10.9 Å². The first-order chi connectivity index (χ1) is 5.36. The Morgan fingerprint density at radius 2 is 2.55 bits per heavy atom. The lowest BCUT2D eigenvalue weighted by molar-refractivity contribution is -0.113. The van der Waals surface area contributed by atoms with Crippen molar-refractivity contribution in [3.05, 3.63) is 0 Å². The highest BCUT2D eigenvalue weighted by molar-refractivity contribution is 8.00. The zero-order valence-electron chi connectivity index (χ0n) is 6.32. The minimum Gasteiger partial charge on any atom is -0.293 e. The maximum absolute atomic E-state index is 11.1. The van der Waals surface area contributed by atoms with Gasteiger partial charge in [0.15, 0.2) is 5.78 Å². The first-order valence-electron chi connectivity index (χ1n) is 4.00. The Hall–Kier alpha value is -0.310. The predicted octanol–water partition coefficient (Wildman–Crippen LogP) is 1.15. The highest BCUT2D eigenvalue weighted by atomic mass is 32.2. The number of thioether (sulfide) groups is 1. The van der Waals surface area contributed by atoms with Crippen molar-refractivity contribution in [3.63, 3.8) is 0 Å². The van der Waals surface area contributed by atoms with Crippen LogP contribution < -0.4 is 0 Å². The third-order valence-corrected chi connectivity index (χ3v) is 3.76. The zero-order chi connectivity index (χ0) is 7.68. The summed E-state index contributed by atoms with van der Waals surface area (Å²) >= 11 is 1.98. The Morgan fingerprint density at radius 3 is 3.45 bits per heavy atom. The fourth-order valence-electron chi connectivity index (χ4n) is 1.70. The van der Waals surface area contributed by atoms with E-state index in [-0.39, 0.29) is 5.78 Å². The van der Waals surface area contributed by atoms with Crippen LogP contribution in [0.5, 0.6) is 0 Å². The second-order valence-electron chi connectivity index (χ2n) is 3.12. The molecule has 60 valence electrons. The van der Waals surface area contributed by atoms with Crippen LogP contribution in [0.15, 0.2) is 4.99 Å². The van der Waals surface area contributed by atoms with E-state index in [9.17, 15) is 4.79 Å². The summed E-state index contributed by atoms with van der Waals surface area (Å²) in [5.41, 5.74) is 0. The molecule has 0 N–H and O–H groups in total. The highest BCUT2D eigenvalue weighted by Crippen LogP contribution is 2.35. The molecule has 0 amide bonds. The van der Waals surface area contributed by atoms with E-state index >= 15 is 0 Å². The van der Waals surface area contributed by atoms with E-state index in [1.54, 1.807) is 0 Å². The Kier molecular flexibility index (Phi) is 1.98. The van der Waals surface area contributed by atoms with E-state index < -0.39 is 0 Å². The summed E-state index contributed by atoms with van der Waals surface area (Å²) in [5.74, 6) is 2.06. The van der Waals surface area contributed by atoms with Crippen LogP contribution in [-0.4, -0.2) is 29.5 Å². The zero-order valence-corrected chi connectivity index (χ0v) is 7.14. The summed E-state index contributed by atoms with van der Waals surface area (Å²) in [6.45, 7) is 0.862. The van der Waals surface area contributed by atoms with Crippen molar-refractivity contribution in [1.82, 2.24) is 0 Å². The van der Waals surface area contributed by atoms with Crippen LogP contribution >= 0.6 is 11.8 Å². The normalized spacial score (nSPS) is 36.9. The number of nitrogens with zero attached hydrogens (tertiary/aromatic N) is 1. The Balaban J connectivity index is 2.10. The summed E-state index contributed by atoms with van der Waals surface area (Å²) in [4.78, 5) is 15.2. The van der Waals surface area contributed by atoms with Crippen molar-refractivity contribution in [2.75, 3.05) is 12.3 Å². The fraction of sp³-hybridized carbons (Fsp3) is 0.750. The van der Waals surface area contributed by atoms with Gasteiger partial charge in [-0.1, -0.05) is 0 Å². The average Bonchev–Trinajstić information content (AvgIpc) is 2.31. The molecule has 0 spiro atoms. The molecule has 2 rings (SSSR count). The van der Waals surface area contributed by atoms with E-state index in [4.69, 9.17) is 0 Å². The fourth-order valence-corrected chi connectivity index (χ4v) is 3.14. The molecule has 0 radical (unpaired) electrons. The van der Waals surface area contributed by atoms with Crippen molar-refractivity contribution in [2.45, 2.75) is 18.1 Å². The lowest BCUT2D eigenvalue weighted by atomic mass is 9.97. The van der Waals surface area contributed by atoms with E-state index in [2.05, 4.69) is 4.99 Å². The Bertz CT molecular complexity index is 202. The molecule has 0 aliphatic carbocycles. The standard InChI is InChI=1S/C8H11NOS/c10-7-3-6-1-2-11-8(6)5-9-4-7/h4,6,8H,1-3,5H2. The van der Waals surface area contributed by atoms with Crippen LogP contribution in [0.3, 0.4) is 0 Å². The van der Waals surface area contributed by atoms with Gasteiger partial charge in [0.2, 0.25) is 0 Å². The summed E-state index contributed by atoms with van der Waals surface area (Å²) in [6.07, 6.45) is 3.46. The van der Waals surface area contributed by atoms with Gasteiger partial charge in [0.05, 0.1) is 12.8 Å². The van der Waals surface area contributed by atoms with Gasteiger partial charge in [-0.2, -0.15) is 11.8 Å². The average molecular weight is 169 g/mol. The molecule has 2 aliphatic heterocycles. The van der Waals surface area contributed by atoms with Gasteiger partial charge in [-0.25, -0.2) is 0 Å². The number of Topliss-reactive ketones (excluding diaryl/α,β-unsaturated/α-hetero) is 1. The van der Waals surface area contributed by atoms with Gasteiger partial charge in [0.25, 0.3) is 0 Å². The van der Waals surface area contributed by atoms with Crippen LogP contribution in [0.4, 0.5) is 0 Å². The van der Waals surface area contributed by atoms with Gasteiger partial charge in [-0.3, -0.25) is 9.79 Å². The Morgan fingerprint density at radius 1 is 1.64 bits per heavy atom. The van der Waals surface area contributed by atoms with Crippen molar-refractivity contribution < 1.29 is 4.79 Å². The second-order valence-corrected chi connectivity index (χ2v) is 4.47. The molecule has 0 aromatic carbocycles.